The van der Waals surface area contributed by atoms with Crippen LogP contribution in [0.3, 0.4) is 0 Å². The molecule has 1 rings (SSSR count). The van der Waals surface area contributed by atoms with Crippen LogP contribution in [-0.2, 0) is 0 Å². The predicted molar refractivity (Wildman–Crippen MR) is 65.6 cm³/mol. The second-order valence-electron chi connectivity index (χ2n) is 3.56. The number of nitriles is 1. The van der Waals surface area contributed by atoms with Gasteiger partial charge in [0.1, 0.15) is 5.75 Å². The van der Waals surface area contributed by atoms with Crippen molar-refractivity contribution in [3.05, 3.63) is 24.3 Å². The van der Waals surface area contributed by atoms with Gasteiger partial charge in [-0.25, -0.2) is 0 Å². The summed E-state index contributed by atoms with van der Waals surface area (Å²) in [6.45, 7) is 3.71. The van der Waals surface area contributed by atoms with Crippen molar-refractivity contribution in [2.45, 2.75) is 26.2 Å². The van der Waals surface area contributed by atoms with Crippen molar-refractivity contribution >= 4 is 5.69 Å². The third-order valence-corrected chi connectivity index (χ3v) is 2.11. The summed E-state index contributed by atoms with van der Waals surface area (Å²) in [6, 6.07) is 10.0. The number of hydrogen-bond acceptors (Lipinski definition) is 3. The van der Waals surface area contributed by atoms with Gasteiger partial charge in [0, 0.05) is 24.7 Å². The first-order valence-corrected chi connectivity index (χ1v) is 5.70. The summed E-state index contributed by atoms with van der Waals surface area (Å²) in [6.07, 6.45) is 2.43. The zero-order valence-corrected chi connectivity index (χ0v) is 9.70. The second-order valence-corrected chi connectivity index (χ2v) is 3.56. The number of unbranched alkanes of at least 4 members (excludes halogenated alkanes) is 1. The Morgan fingerprint density at radius 3 is 3.06 bits per heavy atom. The predicted octanol–water partition coefficient (Wildman–Crippen LogP) is 3.19. The number of hydrogen-bond donors (Lipinski definition) is 1. The molecular weight excluding hydrogens is 200 g/mol. The van der Waals surface area contributed by atoms with Crippen molar-refractivity contribution in [3.8, 4) is 11.8 Å². The molecule has 0 aliphatic heterocycles. The van der Waals surface area contributed by atoms with Crippen LogP contribution >= 0.6 is 0 Å². The number of benzene rings is 1. The van der Waals surface area contributed by atoms with Gasteiger partial charge in [-0.1, -0.05) is 13.0 Å². The normalized spacial score (nSPS) is 9.50. The minimum Gasteiger partial charge on any atom is -0.493 e. The Labute approximate surface area is 97.0 Å². The van der Waals surface area contributed by atoms with Gasteiger partial charge in [-0.3, -0.25) is 0 Å². The topological polar surface area (TPSA) is 45.0 Å². The van der Waals surface area contributed by atoms with Crippen LogP contribution in [-0.4, -0.2) is 13.2 Å². The fourth-order valence-corrected chi connectivity index (χ4v) is 1.31. The van der Waals surface area contributed by atoms with Gasteiger partial charge in [-0.2, -0.15) is 5.26 Å². The Bertz CT molecular complexity index is 344. The van der Waals surface area contributed by atoms with Gasteiger partial charge >= 0.3 is 0 Å². The molecule has 0 bridgehead atoms. The van der Waals surface area contributed by atoms with E-state index in [0.29, 0.717) is 13.0 Å². The van der Waals surface area contributed by atoms with E-state index in [1.54, 1.807) is 0 Å². The van der Waals surface area contributed by atoms with E-state index in [4.69, 9.17) is 10.00 Å². The monoisotopic (exact) mass is 218 g/mol. The summed E-state index contributed by atoms with van der Waals surface area (Å²) in [4.78, 5) is 0. The summed E-state index contributed by atoms with van der Waals surface area (Å²) in [5, 5.41) is 11.7. The van der Waals surface area contributed by atoms with E-state index in [9.17, 15) is 0 Å². The average molecular weight is 218 g/mol. The molecule has 0 amide bonds. The lowest BCUT2D eigenvalue weighted by Crippen LogP contribution is -2.01. The van der Waals surface area contributed by atoms with E-state index < -0.39 is 0 Å². The van der Waals surface area contributed by atoms with E-state index >= 15 is 0 Å². The van der Waals surface area contributed by atoms with Crippen LogP contribution in [0.1, 0.15) is 26.2 Å². The molecule has 1 N–H and O–H groups in total. The highest BCUT2D eigenvalue weighted by molar-refractivity contribution is 5.48. The first-order valence-electron chi connectivity index (χ1n) is 5.70. The van der Waals surface area contributed by atoms with Crippen molar-refractivity contribution in [3.63, 3.8) is 0 Å². The van der Waals surface area contributed by atoms with Crippen molar-refractivity contribution in [1.82, 2.24) is 0 Å². The Balaban J connectivity index is 2.38. The Hall–Kier alpha value is -1.69. The molecule has 1 aromatic rings. The molecule has 16 heavy (non-hydrogen) atoms. The lowest BCUT2D eigenvalue weighted by atomic mass is 10.3. The summed E-state index contributed by atoms with van der Waals surface area (Å²) in [5.74, 6) is 0.860. The molecule has 0 saturated carbocycles. The number of ether oxygens (including phenoxy) is 1. The van der Waals surface area contributed by atoms with E-state index in [1.807, 2.05) is 24.3 Å². The molecule has 0 radical (unpaired) electrons. The number of anilines is 1. The molecule has 0 atom stereocenters. The van der Waals surface area contributed by atoms with Crippen LogP contribution in [0.5, 0.6) is 5.75 Å². The lowest BCUT2D eigenvalue weighted by Gasteiger charge is -2.08. The number of nitrogens with one attached hydrogen (secondary N) is 1. The minimum absolute atomic E-state index is 0.549. The lowest BCUT2D eigenvalue weighted by molar-refractivity contribution is 0.313. The van der Waals surface area contributed by atoms with Crippen molar-refractivity contribution in [2.24, 2.45) is 0 Å². The van der Waals surface area contributed by atoms with Crippen molar-refractivity contribution in [2.75, 3.05) is 18.5 Å². The summed E-state index contributed by atoms with van der Waals surface area (Å²) >= 11 is 0. The maximum atomic E-state index is 8.39. The van der Waals surface area contributed by atoms with Crippen LogP contribution in [0.15, 0.2) is 24.3 Å². The van der Waals surface area contributed by atoms with Gasteiger partial charge < -0.3 is 10.1 Å². The molecule has 3 nitrogen and oxygen atoms in total. The minimum atomic E-state index is 0.549. The van der Waals surface area contributed by atoms with Gasteiger partial charge in [0.25, 0.3) is 0 Å². The molecule has 0 spiro atoms. The van der Waals surface area contributed by atoms with Crippen LogP contribution in [0, 0.1) is 11.3 Å². The highest BCUT2D eigenvalue weighted by Crippen LogP contribution is 2.17. The maximum absolute atomic E-state index is 8.39. The summed E-state index contributed by atoms with van der Waals surface area (Å²) in [5.41, 5.74) is 1.08. The van der Waals surface area contributed by atoms with Gasteiger partial charge in [-0.15, -0.1) is 0 Å². The molecule has 1 aromatic carbocycles. The van der Waals surface area contributed by atoms with E-state index in [2.05, 4.69) is 18.3 Å². The Kier molecular flexibility index (Phi) is 5.87. The van der Waals surface area contributed by atoms with Crippen LogP contribution in [0.2, 0.25) is 0 Å². The smallest absolute Gasteiger partial charge is 0.121 e. The van der Waals surface area contributed by atoms with Crippen LogP contribution in [0.4, 0.5) is 5.69 Å². The van der Waals surface area contributed by atoms with Gasteiger partial charge in [0.2, 0.25) is 0 Å². The van der Waals surface area contributed by atoms with Crippen molar-refractivity contribution in [1.29, 1.82) is 5.26 Å². The summed E-state index contributed by atoms with van der Waals surface area (Å²) < 4.78 is 5.54. The molecule has 0 aromatic heterocycles. The highest BCUT2D eigenvalue weighted by atomic mass is 16.5. The molecule has 86 valence electrons. The third-order valence-electron chi connectivity index (χ3n) is 2.11. The van der Waals surface area contributed by atoms with Gasteiger partial charge in [-0.05, 0) is 25.0 Å². The molecule has 0 aliphatic rings. The zero-order chi connectivity index (χ0) is 11.6. The molecule has 0 unspecified atom stereocenters. The molecule has 0 aliphatic carbocycles. The summed E-state index contributed by atoms with van der Waals surface area (Å²) in [7, 11) is 0. The molecule has 0 fully saturated rings. The molecule has 0 saturated heterocycles. The first kappa shape index (κ1) is 12.4. The van der Waals surface area contributed by atoms with Crippen LogP contribution in [0.25, 0.3) is 0 Å². The van der Waals surface area contributed by atoms with E-state index in [1.165, 1.54) is 0 Å². The number of rotatable bonds is 7. The standard InChI is InChI=1S/C13H18N2O/c1-2-9-15-12-6-5-7-13(11-12)16-10-4-3-8-14/h5-7,11,15H,2-4,9-10H2,1H3. The van der Waals surface area contributed by atoms with Gasteiger partial charge in [0.15, 0.2) is 0 Å². The van der Waals surface area contributed by atoms with E-state index in [-0.39, 0.29) is 0 Å². The Morgan fingerprint density at radius 1 is 1.44 bits per heavy atom. The van der Waals surface area contributed by atoms with Gasteiger partial charge in [0.05, 0.1) is 12.7 Å². The molecular formula is C13H18N2O. The third kappa shape index (κ3) is 4.70. The first-order chi connectivity index (χ1) is 7.86. The van der Waals surface area contributed by atoms with Crippen molar-refractivity contribution < 1.29 is 4.74 Å². The average Bonchev–Trinajstić information content (AvgIpc) is 2.33. The quantitative estimate of drug-likeness (QED) is 0.715. The number of nitrogens with zero attached hydrogens (tertiary/aromatic N) is 1. The SMILES string of the molecule is CCCNc1cccc(OCCCC#N)c1. The second kappa shape index (κ2) is 7.58. The maximum Gasteiger partial charge on any atom is 0.121 e. The fourth-order valence-electron chi connectivity index (χ4n) is 1.31. The zero-order valence-electron chi connectivity index (χ0n) is 9.70. The van der Waals surface area contributed by atoms with Crippen LogP contribution < -0.4 is 10.1 Å². The fraction of sp³-hybridized carbons (Fsp3) is 0.462. The Morgan fingerprint density at radius 2 is 2.31 bits per heavy atom. The largest absolute Gasteiger partial charge is 0.493 e. The van der Waals surface area contributed by atoms with E-state index in [0.717, 1.165) is 30.8 Å². The molecule has 3 heteroatoms. The molecule has 0 heterocycles. The highest BCUT2D eigenvalue weighted by Gasteiger charge is 1.96.